The quantitative estimate of drug-likeness (QED) is 0.582. The maximum absolute atomic E-state index is 11.0. The second kappa shape index (κ2) is 9.80. The molecule has 0 fully saturated rings. The number of aromatic nitrogens is 1. The van der Waals surface area contributed by atoms with Crippen LogP contribution in [0.25, 0.3) is 0 Å². The molecule has 8 heteroatoms. The van der Waals surface area contributed by atoms with Crippen LogP contribution < -0.4 is 9.64 Å². The summed E-state index contributed by atoms with van der Waals surface area (Å²) < 4.78 is 6.67. The van der Waals surface area contributed by atoms with Gasteiger partial charge in [0.25, 0.3) is 0 Å². The van der Waals surface area contributed by atoms with Gasteiger partial charge in [-0.3, -0.25) is 0 Å². The predicted octanol–water partition coefficient (Wildman–Crippen LogP) is 5.27. The summed E-state index contributed by atoms with van der Waals surface area (Å²) >= 11 is 14.9. The smallest absolute Gasteiger partial charge is 0.337 e. The summed E-state index contributed by atoms with van der Waals surface area (Å²) in [5.74, 6) is 0.367. The van der Waals surface area contributed by atoms with Crippen molar-refractivity contribution in [2.75, 3.05) is 18.1 Å². The Hall–Kier alpha value is -1.76. The molecule has 0 saturated carbocycles. The first-order valence-electron chi connectivity index (χ1n) is 7.74. The Morgan fingerprint density at radius 2 is 2.15 bits per heavy atom. The molecule has 2 rings (SSSR count). The van der Waals surface area contributed by atoms with Gasteiger partial charge in [-0.25, -0.2) is 9.78 Å². The number of anilines is 1. The first kappa shape index (κ1) is 20.6. The molecule has 0 aliphatic rings. The topological polar surface area (TPSA) is 62.7 Å². The van der Waals surface area contributed by atoms with Gasteiger partial charge in [0.1, 0.15) is 18.2 Å². The van der Waals surface area contributed by atoms with Crippen LogP contribution in [0.1, 0.15) is 22.8 Å². The highest BCUT2D eigenvalue weighted by molar-refractivity contribution is 9.10. The zero-order chi connectivity index (χ0) is 19.1. The molecule has 5 nitrogen and oxygen atoms in total. The molecule has 0 spiro atoms. The van der Waals surface area contributed by atoms with Crippen molar-refractivity contribution >= 4 is 50.9 Å². The van der Waals surface area contributed by atoms with Crippen molar-refractivity contribution in [2.24, 2.45) is 0 Å². The number of aromatic carboxylic acids is 1. The monoisotopic (exact) mass is 458 g/mol. The fraction of sp³-hybridized carbons (Fsp3) is 0.222. The molecule has 0 radical (unpaired) electrons. The maximum Gasteiger partial charge on any atom is 0.337 e. The third-order valence-electron chi connectivity index (χ3n) is 3.57. The maximum atomic E-state index is 11.0. The van der Waals surface area contributed by atoms with Crippen LogP contribution in [-0.4, -0.2) is 29.2 Å². The van der Waals surface area contributed by atoms with Crippen molar-refractivity contribution < 1.29 is 14.6 Å². The number of hydrogen-bond donors (Lipinski definition) is 1. The molecule has 1 N–H and O–H groups in total. The average molecular weight is 460 g/mol. The molecule has 0 bridgehead atoms. The lowest BCUT2D eigenvalue weighted by molar-refractivity contribution is 0.0696. The molecular weight excluding hydrogens is 443 g/mol. The van der Waals surface area contributed by atoms with Crippen molar-refractivity contribution in [3.8, 4) is 5.75 Å². The summed E-state index contributed by atoms with van der Waals surface area (Å²) in [4.78, 5) is 17.2. The molecule has 1 heterocycles. The zero-order valence-corrected chi connectivity index (χ0v) is 17.1. The fourth-order valence-corrected chi connectivity index (χ4v) is 2.78. The van der Waals surface area contributed by atoms with Gasteiger partial charge in [-0.05, 0) is 37.3 Å². The van der Waals surface area contributed by atoms with Crippen molar-refractivity contribution in [3.05, 3.63) is 62.7 Å². The van der Waals surface area contributed by atoms with Crippen LogP contribution in [0.4, 0.5) is 5.82 Å². The Morgan fingerprint density at radius 3 is 2.73 bits per heavy atom. The van der Waals surface area contributed by atoms with E-state index in [9.17, 15) is 4.79 Å². The summed E-state index contributed by atoms with van der Waals surface area (Å²) in [7, 11) is 0. The van der Waals surface area contributed by atoms with E-state index in [0.29, 0.717) is 29.7 Å². The molecule has 2 aromatic rings. The van der Waals surface area contributed by atoms with Gasteiger partial charge in [0.15, 0.2) is 0 Å². The Kier molecular flexibility index (Phi) is 7.75. The largest absolute Gasteiger partial charge is 0.488 e. The lowest BCUT2D eigenvalue weighted by Crippen LogP contribution is -2.23. The Balaban J connectivity index is 2.23. The Labute approximate surface area is 170 Å². The van der Waals surface area contributed by atoms with Crippen LogP contribution in [-0.2, 0) is 6.54 Å². The van der Waals surface area contributed by atoms with Crippen molar-refractivity contribution in [1.29, 1.82) is 0 Å². The SMILES string of the molecule is CCN(Cc1cc(Br)ccc1OC/C(Cl)=C/Cl)c1ccc(C(=O)O)cn1. The van der Waals surface area contributed by atoms with Crippen LogP contribution >= 0.6 is 39.1 Å². The predicted molar refractivity (Wildman–Crippen MR) is 107 cm³/mol. The lowest BCUT2D eigenvalue weighted by Gasteiger charge is -2.23. The molecule has 0 aliphatic carbocycles. The summed E-state index contributed by atoms with van der Waals surface area (Å²) in [5, 5.41) is 9.40. The fourth-order valence-electron chi connectivity index (χ4n) is 2.25. The highest BCUT2D eigenvalue weighted by Gasteiger charge is 2.13. The van der Waals surface area contributed by atoms with Crippen LogP contribution in [0.3, 0.4) is 0 Å². The lowest BCUT2D eigenvalue weighted by atomic mass is 10.2. The van der Waals surface area contributed by atoms with E-state index in [-0.39, 0.29) is 12.2 Å². The molecule has 0 saturated heterocycles. The molecule has 26 heavy (non-hydrogen) atoms. The number of halogens is 3. The zero-order valence-electron chi connectivity index (χ0n) is 14.0. The first-order valence-corrected chi connectivity index (χ1v) is 9.35. The number of ether oxygens (including phenoxy) is 1. The van der Waals surface area contributed by atoms with Crippen LogP contribution in [0.15, 0.2) is 51.6 Å². The van der Waals surface area contributed by atoms with E-state index in [0.717, 1.165) is 10.0 Å². The minimum absolute atomic E-state index is 0.152. The third kappa shape index (κ3) is 5.62. The van der Waals surface area contributed by atoms with Crippen LogP contribution in [0.5, 0.6) is 5.75 Å². The minimum Gasteiger partial charge on any atom is -0.488 e. The van der Waals surface area contributed by atoms with Gasteiger partial charge in [0, 0.05) is 34.9 Å². The molecule has 0 aliphatic heterocycles. The highest BCUT2D eigenvalue weighted by atomic mass is 79.9. The van der Waals surface area contributed by atoms with Crippen LogP contribution in [0, 0.1) is 0 Å². The second-order valence-electron chi connectivity index (χ2n) is 5.32. The minimum atomic E-state index is -1.00. The van der Waals surface area contributed by atoms with Crippen molar-refractivity contribution in [3.63, 3.8) is 0 Å². The molecule has 138 valence electrons. The first-order chi connectivity index (χ1) is 12.4. The van der Waals surface area contributed by atoms with E-state index in [4.69, 9.17) is 33.0 Å². The summed E-state index contributed by atoms with van der Waals surface area (Å²) in [6, 6.07) is 8.93. The van der Waals surface area contributed by atoms with Gasteiger partial charge in [0.05, 0.1) is 10.6 Å². The van der Waals surface area contributed by atoms with Gasteiger partial charge in [-0.2, -0.15) is 0 Å². The Morgan fingerprint density at radius 1 is 1.38 bits per heavy atom. The van der Waals surface area contributed by atoms with E-state index in [1.54, 1.807) is 6.07 Å². The summed E-state index contributed by atoms with van der Waals surface area (Å²) in [5.41, 5.74) is 2.36. The number of pyridine rings is 1. The summed E-state index contributed by atoms with van der Waals surface area (Å²) in [6.45, 7) is 3.40. The number of hydrogen-bond acceptors (Lipinski definition) is 4. The van der Waals surface area contributed by atoms with Gasteiger partial charge < -0.3 is 14.7 Å². The number of nitrogens with zero attached hydrogens (tertiary/aromatic N) is 2. The van der Waals surface area contributed by atoms with Gasteiger partial charge in [-0.15, -0.1) is 0 Å². The third-order valence-corrected chi connectivity index (χ3v) is 4.65. The van der Waals surface area contributed by atoms with E-state index in [1.165, 1.54) is 17.8 Å². The number of rotatable bonds is 8. The second-order valence-corrected chi connectivity index (χ2v) is 6.94. The molecule has 1 aromatic heterocycles. The van der Waals surface area contributed by atoms with E-state index >= 15 is 0 Å². The molecule has 0 atom stereocenters. The van der Waals surface area contributed by atoms with E-state index in [2.05, 4.69) is 20.9 Å². The standard InChI is InChI=1S/C18H17BrCl2N2O3/c1-2-23(17-6-3-12(9-22-17)18(24)25)10-13-7-14(19)4-5-16(13)26-11-15(21)8-20/h3-9H,2,10-11H2,1H3,(H,24,25)/b15-8-. The molecule has 0 amide bonds. The van der Waals surface area contributed by atoms with E-state index < -0.39 is 5.97 Å². The van der Waals surface area contributed by atoms with Crippen LogP contribution in [0.2, 0.25) is 0 Å². The molecule has 1 aromatic carbocycles. The average Bonchev–Trinajstić information content (AvgIpc) is 2.65. The highest BCUT2D eigenvalue weighted by Crippen LogP contribution is 2.27. The number of carbonyl (C=O) groups is 1. The van der Waals surface area contributed by atoms with Crippen molar-refractivity contribution in [2.45, 2.75) is 13.5 Å². The summed E-state index contributed by atoms with van der Waals surface area (Å²) in [6.07, 6.45) is 1.35. The molecule has 0 unspecified atom stereocenters. The van der Waals surface area contributed by atoms with E-state index in [1.807, 2.05) is 30.0 Å². The molecular formula is C18H17BrCl2N2O3. The normalized spacial score (nSPS) is 11.3. The number of carboxylic acids is 1. The van der Waals surface area contributed by atoms with Gasteiger partial charge >= 0.3 is 5.97 Å². The number of carboxylic acid groups (broad SMARTS) is 1. The van der Waals surface area contributed by atoms with Crippen molar-refractivity contribution in [1.82, 2.24) is 4.98 Å². The van der Waals surface area contributed by atoms with Gasteiger partial charge in [0.2, 0.25) is 0 Å². The van der Waals surface area contributed by atoms with Gasteiger partial charge in [-0.1, -0.05) is 39.1 Å². The Bertz CT molecular complexity index is 798. The number of benzene rings is 1.